The molecular formula is C20H22BrNO6. The number of halogens is 1. The van der Waals surface area contributed by atoms with Gasteiger partial charge in [0.15, 0.2) is 23.0 Å². The number of carbonyl (C=O) groups excluding carboxylic acids is 1. The molecule has 7 nitrogen and oxygen atoms in total. The Kier molecular flexibility index (Phi) is 5.88. The number of carbonyl (C=O) groups is 1. The van der Waals surface area contributed by atoms with Crippen molar-refractivity contribution >= 4 is 27.5 Å². The quantitative estimate of drug-likeness (QED) is 0.512. The molecule has 1 aliphatic heterocycles. The summed E-state index contributed by atoms with van der Waals surface area (Å²) in [6.07, 6.45) is 0. The van der Waals surface area contributed by atoms with Crippen LogP contribution in [-0.2, 0) is 4.79 Å². The zero-order valence-electron chi connectivity index (χ0n) is 16.1. The van der Waals surface area contributed by atoms with Gasteiger partial charge in [0.2, 0.25) is 11.7 Å². The number of hydrogen-bond donors (Lipinski definition) is 1. The van der Waals surface area contributed by atoms with Gasteiger partial charge in [-0.1, -0.05) is 22.0 Å². The van der Waals surface area contributed by atoms with Gasteiger partial charge < -0.3 is 29.0 Å². The average molecular weight is 452 g/mol. The third kappa shape index (κ3) is 3.22. The predicted octanol–water partition coefficient (Wildman–Crippen LogP) is 3.53. The number of amides is 1. The Morgan fingerprint density at radius 2 is 1.57 bits per heavy atom. The molecule has 0 unspecified atom stereocenters. The third-order valence-corrected chi connectivity index (χ3v) is 5.55. The summed E-state index contributed by atoms with van der Waals surface area (Å²) in [5, 5.41) is 10.7. The van der Waals surface area contributed by atoms with Crippen molar-refractivity contribution in [2.75, 3.05) is 38.7 Å². The Morgan fingerprint density at radius 1 is 0.964 bits per heavy atom. The fourth-order valence-corrected chi connectivity index (χ4v) is 4.10. The Morgan fingerprint density at radius 3 is 2.04 bits per heavy atom. The standard InChI is InChI=1S/C20H22BrNO6/c1-25-15-6-5-11(7-14(15)23)18-13(10-21)20(24)22(18)12-8-16(26-2)19(28-4)17(9-12)27-3/h5-9,13,18,23H,10H2,1-4H3/t13-,18-/m0/s1. The van der Waals surface area contributed by atoms with Crippen LogP contribution in [0, 0.1) is 5.92 Å². The van der Waals surface area contributed by atoms with Crippen molar-refractivity contribution in [3.8, 4) is 28.7 Å². The molecule has 1 aliphatic rings. The summed E-state index contributed by atoms with van der Waals surface area (Å²) in [6.45, 7) is 0. The number of nitrogens with zero attached hydrogens (tertiary/aromatic N) is 1. The number of β-lactam (4-membered cyclic amide) rings is 1. The molecule has 28 heavy (non-hydrogen) atoms. The molecule has 8 heteroatoms. The van der Waals surface area contributed by atoms with Gasteiger partial charge in [0.05, 0.1) is 46.1 Å². The number of ether oxygens (including phenoxy) is 4. The summed E-state index contributed by atoms with van der Waals surface area (Å²) in [6, 6.07) is 8.37. The van der Waals surface area contributed by atoms with E-state index < -0.39 is 0 Å². The monoisotopic (exact) mass is 451 g/mol. The van der Waals surface area contributed by atoms with Gasteiger partial charge in [-0.25, -0.2) is 0 Å². The van der Waals surface area contributed by atoms with Gasteiger partial charge in [-0.15, -0.1) is 0 Å². The zero-order chi connectivity index (χ0) is 20.4. The first-order valence-corrected chi connectivity index (χ1v) is 9.68. The zero-order valence-corrected chi connectivity index (χ0v) is 17.6. The van der Waals surface area contributed by atoms with Crippen molar-refractivity contribution in [3.63, 3.8) is 0 Å². The van der Waals surface area contributed by atoms with Crippen molar-refractivity contribution in [2.24, 2.45) is 5.92 Å². The molecule has 0 aromatic heterocycles. The molecule has 2 aromatic carbocycles. The molecule has 0 radical (unpaired) electrons. The van der Waals surface area contributed by atoms with E-state index in [2.05, 4.69) is 15.9 Å². The van der Waals surface area contributed by atoms with Crippen LogP contribution < -0.4 is 23.8 Å². The maximum atomic E-state index is 12.8. The maximum absolute atomic E-state index is 12.8. The first-order chi connectivity index (χ1) is 13.5. The molecule has 1 heterocycles. The Hall–Kier alpha value is -2.61. The topological polar surface area (TPSA) is 77.5 Å². The molecule has 3 rings (SSSR count). The summed E-state index contributed by atoms with van der Waals surface area (Å²) in [4.78, 5) is 14.5. The highest BCUT2D eigenvalue weighted by Crippen LogP contribution is 2.49. The summed E-state index contributed by atoms with van der Waals surface area (Å²) in [5.41, 5.74) is 1.42. The van der Waals surface area contributed by atoms with Gasteiger partial charge >= 0.3 is 0 Å². The van der Waals surface area contributed by atoms with Crippen LogP contribution in [0.25, 0.3) is 0 Å². The lowest BCUT2D eigenvalue weighted by molar-refractivity contribution is -0.129. The SMILES string of the molecule is COc1ccc([C@H]2[C@H](CBr)C(=O)N2c2cc(OC)c(OC)c(OC)c2)cc1O. The van der Waals surface area contributed by atoms with Crippen LogP contribution in [0.1, 0.15) is 11.6 Å². The van der Waals surface area contributed by atoms with Gasteiger partial charge in [-0.3, -0.25) is 4.79 Å². The second-order valence-electron chi connectivity index (χ2n) is 6.23. The Balaban J connectivity index is 2.07. The molecule has 1 amide bonds. The second-order valence-corrected chi connectivity index (χ2v) is 6.88. The molecule has 0 saturated carbocycles. The molecule has 0 aliphatic carbocycles. The number of anilines is 1. The fourth-order valence-electron chi connectivity index (χ4n) is 3.47. The molecule has 150 valence electrons. The molecule has 2 aromatic rings. The fraction of sp³-hybridized carbons (Fsp3) is 0.350. The van der Waals surface area contributed by atoms with Crippen molar-refractivity contribution in [3.05, 3.63) is 35.9 Å². The summed E-state index contributed by atoms with van der Waals surface area (Å²) in [5.74, 6) is 1.49. The molecule has 1 saturated heterocycles. The van der Waals surface area contributed by atoms with E-state index in [1.54, 1.807) is 29.2 Å². The van der Waals surface area contributed by atoms with Crippen LogP contribution in [0.15, 0.2) is 30.3 Å². The first kappa shape index (κ1) is 20.1. The van der Waals surface area contributed by atoms with E-state index in [0.29, 0.717) is 34.0 Å². The molecule has 0 bridgehead atoms. The van der Waals surface area contributed by atoms with Gasteiger partial charge in [0.1, 0.15) is 0 Å². The van der Waals surface area contributed by atoms with E-state index in [1.165, 1.54) is 28.4 Å². The summed E-state index contributed by atoms with van der Waals surface area (Å²) >= 11 is 3.43. The van der Waals surface area contributed by atoms with Crippen LogP contribution in [0.3, 0.4) is 0 Å². The highest BCUT2D eigenvalue weighted by molar-refractivity contribution is 9.09. The van der Waals surface area contributed by atoms with Crippen molar-refractivity contribution in [1.29, 1.82) is 0 Å². The van der Waals surface area contributed by atoms with Gasteiger partial charge in [-0.2, -0.15) is 0 Å². The smallest absolute Gasteiger partial charge is 0.233 e. The number of aromatic hydroxyl groups is 1. The third-order valence-electron chi connectivity index (χ3n) is 4.85. The van der Waals surface area contributed by atoms with Crippen LogP contribution in [0.4, 0.5) is 5.69 Å². The van der Waals surface area contributed by atoms with Crippen molar-refractivity contribution in [2.45, 2.75) is 6.04 Å². The van der Waals surface area contributed by atoms with Crippen LogP contribution in [-0.4, -0.2) is 44.8 Å². The predicted molar refractivity (Wildman–Crippen MR) is 108 cm³/mol. The Bertz CT molecular complexity index is 862. The van der Waals surface area contributed by atoms with E-state index in [1.807, 2.05) is 6.07 Å². The lowest BCUT2D eigenvalue weighted by Crippen LogP contribution is -2.56. The van der Waals surface area contributed by atoms with Crippen molar-refractivity contribution < 1.29 is 28.8 Å². The number of alkyl halides is 1. The van der Waals surface area contributed by atoms with Crippen molar-refractivity contribution in [1.82, 2.24) is 0 Å². The Labute approximate surface area is 171 Å². The summed E-state index contributed by atoms with van der Waals surface area (Å²) < 4.78 is 21.3. The molecule has 2 atom stereocenters. The molecule has 0 spiro atoms. The number of phenols is 1. The second kappa shape index (κ2) is 8.18. The van der Waals surface area contributed by atoms with Gasteiger partial charge in [0.25, 0.3) is 0 Å². The minimum Gasteiger partial charge on any atom is -0.504 e. The van der Waals surface area contributed by atoms with Crippen LogP contribution in [0.2, 0.25) is 0 Å². The maximum Gasteiger partial charge on any atom is 0.233 e. The van der Waals surface area contributed by atoms with E-state index in [-0.39, 0.29) is 23.6 Å². The van der Waals surface area contributed by atoms with Crippen LogP contribution >= 0.6 is 15.9 Å². The van der Waals surface area contributed by atoms with E-state index in [0.717, 1.165) is 5.56 Å². The lowest BCUT2D eigenvalue weighted by Gasteiger charge is -2.47. The number of hydrogen-bond acceptors (Lipinski definition) is 6. The van der Waals surface area contributed by atoms with E-state index >= 15 is 0 Å². The normalized spacial score (nSPS) is 18.5. The molecular weight excluding hydrogens is 430 g/mol. The summed E-state index contributed by atoms with van der Waals surface area (Å²) in [7, 11) is 6.07. The van der Waals surface area contributed by atoms with Crippen LogP contribution in [0.5, 0.6) is 28.7 Å². The number of rotatable bonds is 7. The first-order valence-electron chi connectivity index (χ1n) is 8.56. The number of methoxy groups -OCH3 is 4. The highest BCUT2D eigenvalue weighted by atomic mass is 79.9. The number of phenolic OH excluding ortho intramolecular Hbond substituents is 1. The minimum absolute atomic E-state index is 0.0255. The number of benzene rings is 2. The van der Waals surface area contributed by atoms with Gasteiger partial charge in [0, 0.05) is 17.5 Å². The van der Waals surface area contributed by atoms with E-state index in [4.69, 9.17) is 18.9 Å². The lowest BCUT2D eigenvalue weighted by atomic mass is 9.83. The highest BCUT2D eigenvalue weighted by Gasteiger charge is 2.48. The minimum atomic E-state index is -0.258. The van der Waals surface area contributed by atoms with Gasteiger partial charge in [-0.05, 0) is 17.7 Å². The largest absolute Gasteiger partial charge is 0.504 e. The molecule has 1 fully saturated rings. The average Bonchev–Trinajstić information content (AvgIpc) is 2.71. The van der Waals surface area contributed by atoms with E-state index in [9.17, 15) is 9.90 Å². The molecule has 1 N–H and O–H groups in total.